The Hall–Kier alpha value is -3.44. The minimum Gasteiger partial charge on any atom is -0.492 e. The van der Waals surface area contributed by atoms with E-state index in [4.69, 9.17) is 9.72 Å². The lowest BCUT2D eigenvalue weighted by atomic mass is 10.1. The zero-order valence-corrected chi connectivity index (χ0v) is 18.6. The van der Waals surface area contributed by atoms with Crippen molar-refractivity contribution in [3.63, 3.8) is 0 Å². The van der Waals surface area contributed by atoms with E-state index < -0.39 is 0 Å². The lowest BCUT2D eigenvalue weighted by molar-refractivity contribution is 0.183. The molecule has 0 amide bonds. The van der Waals surface area contributed by atoms with Crippen molar-refractivity contribution in [2.75, 3.05) is 26.2 Å². The fourth-order valence-electron chi connectivity index (χ4n) is 4.32. The van der Waals surface area contributed by atoms with Gasteiger partial charge < -0.3 is 9.72 Å². The van der Waals surface area contributed by atoms with E-state index in [2.05, 4.69) is 22.0 Å². The van der Waals surface area contributed by atoms with E-state index >= 15 is 0 Å². The van der Waals surface area contributed by atoms with Gasteiger partial charge in [-0.05, 0) is 74.5 Å². The van der Waals surface area contributed by atoms with Gasteiger partial charge in [0.25, 0.3) is 0 Å². The van der Waals surface area contributed by atoms with Crippen LogP contribution in [0, 0.1) is 5.82 Å². The van der Waals surface area contributed by atoms with Gasteiger partial charge in [0, 0.05) is 23.2 Å². The smallest absolute Gasteiger partial charge is 0.138 e. The van der Waals surface area contributed by atoms with Crippen molar-refractivity contribution in [2.45, 2.75) is 19.3 Å². The molecule has 5 rings (SSSR count). The fraction of sp³-hybridized carbons (Fsp3) is 0.250. The molecule has 168 valence electrons. The van der Waals surface area contributed by atoms with E-state index in [0.29, 0.717) is 12.4 Å². The Morgan fingerprint density at radius 3 is 2.21 bits per heavy atom. The summed E-state index contributed by atoms with van der Waals surface area (Å²) < 4.78 is 19.4. The molecule has 0 unspecified atom stereocenters. The summed E-state index contributed by atoms with van der Waals surface area (Å²) >= 11 is 0. The summed E-state index contributed by atoms with van der Waals surface area (Å²) in [5.74, 6) is 1.32. The minimum absolute atomic E-state index is 0.260. The molecule has 4 nitrogen and oxygen atoms in total. The van der Waals surface area contributed by atoms with Crippen molar-refractivity contribution in [1.82, 2.24) is 14.9 Å². The highest BCUT2D eigenvalue weighted by molar-refractivity contribution is 5.81. The topological polar surface area (TPSA) is 41.1 Å². The average molecular weight is 442 g/mol. The Morgan fingerprint density at radius 2 is 1.48 bits per heavy atom. The fourth-order valence-corrected chi connectivity index (χ4v) is 4.32. The van der Waals surface area contributed by atoms with Crippen LogP contribution >= 0.6 is 0 Å². The highest BCUT2D eigenvalue weighted by Gasteiger charge is 2.16. The number of rotatable bonds is 7. The minimum atomic E-state index is -0.260. The number of ether oxygens (including phenoxy) is 1. The molecule has 0 saturated carbocycles. The Morgan fingerprint density at radius 1 is 0.788 bits per heavy atom. The molecule has 0 radical (unpaired) electrons. The molecule has 33 heavy (non-hydrogen) atoms. The lowest BCUT2D eigenvalue weighted by Gasteiger charge is -2.26. The Balaban J connectivity index is 1.37. The second kappa shape index (κ2) is 10.0. The quantitative estimate of drug-likeness (QED) is 0.360. The third kappa shape index (κ3) is 5.15. The van der Waals surface area contributed by atoms with E-state index in [0.717, 1.165) is 40.4 Å². The number of hydrogen-bond acceptors (Lipinski definition) is 3. The maximum atomic E-state index is 13.4. The zero-order valence-electron chi connectivity index (χ0n) is 18.6. The van der Waals surface area contributed by atoms with Crippen LogP contribution in [-0.2, 0) is 0 Å². The summed E-state index contributed by atoms with van der Waals surface area (Å²) in [5.41, 5.74) is 4.70. The van der Waals surface area contributed by atoms with Crippen LogP contribution in [0.1, 0.15) is 19.3 Å². The molecule has 5 heteroatoms. The molecule has 1 aliphatic heterocycles. The van der Waals surface area contributed by atoms with Gasteiger partial charge in [-0.15, -0.1) is 0 Å². The number of nitrogens with zero attached hydrogens (tertiary/aromatic N) is 2. The monoisotopic (exact) mass is 441 g/mol. The number of likely N-dealkylation sites (tertiary alicyclic amines) is 1. The maximum Gasteiger partial charge on any atom is 0.138 e. The first-order chi connectivity index (χ1) is 16.3. The van der Waals surface area contributed by atoms with Gasteiger partial charge in [0.05, 0.1) is 11.4 Å². The average Bonchev–Trinajstić information content (AvgIpc) is 3.32. The van der Waals surface area contributed by atoms with Crippen LogP contribution < -0.4 is 4.74 Å². The van der Waals surface area contributed by atoms with Crippen LogP contribution in [-0.4, -0.2) is 41.1 Å². The van der Waals surface area contributed by atoms with Crippen molar-refractivity contribution < 1.29 is 9.13 Å². The molecule has 1 fully saturated rings. The number of aromatic nitrogens is 2. The number of halogens is 1. The number of nitrogens with one attached hydrogen (secondary N) is 1. The van der Waals surface area contributed by atoms with Gasteiger partial charge in [0.1, 0.15) is 24.0 Å². The molecule has 1 aliphatic rings. The van der Waals surface area contributed by atoms with E-state index in [-0.39, 0.29) is 5.82 Å². The first kappa shape index (κ1) is 21.4. The SMILES string of the molecule is Fc1ccc(-c2nc(-c3ccccc3)c(-c3ccc(OCCN4CCCCC4)cc3)[nH]2)cc1. The van der Waals surface area contributed by atoms with E-state index in [9.17, 15) is 4.39 Å². The predicted molar refractivity (Wildman–Crippen MR) is 131 cm³/mol. The molecule has 0 spiro atoms. The van der Waals surface area contributed by atoms with Gasteiger partial charge in [-0.3, -0.25) is 4.90 Å². The van der Waals surface area contributed by atoms with Crippen molar-refractivity contribution in [3.8, 4) is 39.7 Å². The zero-order chi connectivity index (χ0) is 22.5. The van der Waals surface area contributed by atoms with Crippen LogP contribution in [0.15, 0.2) is 78.9 Å². The summed E-state index contributed by atoms with van der Waals surface area (Å²) in [6, 6.07) is 24.6. The highest BCUT2D eigenvalue weighted by atomic mass is 19.1. The summed E-state index contributed by atoms with van der Waals surface area (Å²) in [4.78, 5) is 10.8. The molecule has 0 aliphatic carbocycles. The number of benzene rings is 3. The Labute approximate surface area is 194 Å². The summed E-state index contributed by atoms with van der Waals surface area (Å²) in [5, 5.41) is 0. The first-order valence-corrected chi connectivity index (χ1v) is 11.6. The van der Waals surface area contributed by atoms with Crippen LogP contribution in [0.5, 0.6) is 5.75 Å². The number of aromatic amines is 1. The van der Waals surface area contributed by atoms with Crippen molar-refractivity contribution in [3.05, 3.63) is 84.7 Å². The second-order valence-corrected chi connectivity index (χ2v) is 8.46. The van der Waals surface area contributed by atoms with Gasteiger partial charge >= 0.3 is 0 Å². The molecule has 1 saturated heterocycles. The molecule has 1 N–H and O–H groups in total. The Bertz CT molecular complexity index is 1160. The van der Waals surface area contributed by atoms with Gasteiger partial charge in [-0.1, -0.05) is 36.8 Å². The van der Waals surface area contributed by atoms with Crippen molar-refractivity contribution >= 4 is 0 Å². The lowest BCUT2D eigenvalue weighted by Crippen LogP contribution is -2.33. The van der Waals surface area contributed by atoms with Gasteiger partial charge in [0.15, 0.2) is 0 Å². The van der Waals surface area contributed by atoms with Gasteiger partial charge in [-0.2, -0.15) is 0 Å². The third-order valence-electron chi connectivity index (χ3n) is 6.14. The van der Waals surface area contributed by atoms with Crippen molar-refractivity contribution in [2.24, 2.45) is 0 Å². The number of piperidine rings is 1. The molecular weight excluding hydrogens is 413 g/mol. The number of hydrogen-bond donors (Lipinski definition) is 1. The first-order valence-electron chi connectivity index (χ1n) is 11.6. The highest BCUT2D eigenvalue weighted by Crippen LogP contribution is 2.33. The maximum absolute atomic E-state index is 13.4. The molecule has 3 aromatic carbocycles. The molecule has 0 bridgehead atoms. The molecular formula is C28H28FN3O. The van der Waals surface area contributed by atoms with E-state index in [1.165, 1.54) is 44.5 Å². The van der Waals surface area contributed by atoms with Crippen LogP contribution in [0.2, 0.25) is 0 Å². The van der Waals surface area contributed by atoms with Gasteiger partial charge in [-0.25, -0.2) is 9.37 Å². The number of imidazole rings is 1. The molecule has 2 heterocycles. The van der Waals surface area contributed by atoms with Gasteiger partial charge in [0.2, 0.25) is 0 Å². The Kier molecular flexibility index (Phi) is 6.49. The third-order valence-corrected chi connectivity index (χ3v) is 6.14. The van der Waals surface area contributed by atoms with Crippen LogP contribution in [0.3, 0.4) is 0 Å². The summed E-state index contributed by atoms with van der Waals surface area (Å²) in [6.45, 7) is 4.04. The predicted octanol–water partition coefficient (Wildman–Crippen LogP) is 6.41. The van der Waals surface area contributed by atoms with E-state index in [1.54, 1.807) is 12.1 Å². The second-order valence-electron chi connectivity index (χ2n) is 8.46. The van der Waals surface area contributed by atoms with Crippen molar-refractivity contribution in [1.29, 1.82) is 0 Å². The standard InChI is InChI=1S/C28H28FN3O/c29-24-13-9-23(10-14-24)28-30-26(21-7-3-1-4-8-21)27(31-28)22-11-15-25(16-12-22)33-20-19-32-17-5-2-6-18-32/h1,3-4,7-16H,2,5-6,17-20H2,(H,30,31). The molecule has 1 aromatic heterocycles. The van der Waals surface area contributed by atoms with Crippen LogP contribution in [0.25, 0.3) is 33.9 Å². The number of H-pyrrole nitrogens is 1. The van der Waals surface area contributed by atoms with Crippen LogP contribution in [0.4, 0.5) is 4.39 Å². The molecule has 0 atom stereocenters. The normalized spacial score (nSPS) is 14.3. The summed E-state index contributed by atoms with van der Waals surface area (Å²) in [7, 11) is 0. The largest absolute Gasteiger partial charge is 0.492 e. The van der Waals surface area contributed by atoms with E-state index in [1.807, 2.05) is 42.5 Å². The summed E-state index contributed by atoms with van der Waals surface area (Å²) in [6.07, 6.45) is 3.94. The molecule has 4 aromatic rings.